The van der Waals surface area contributed by atoms with Crippen LogP contribution in [0.15, 0.2) is 42.7 Å². The molecule has 0 aliphatic carbocycles. The van der Waals surface area contributed by atoms with E-state index < -0.39 is 0 Å². The van der Waals surface area contributed by atoms with Gasteiger partial charge in [0.2, 0.25) is 0 Å². The van der Waals surface area contributed by atoms with E-state index in [4.69, 9.17) is 0 Å². The predicted molar refractivity (Wildman–Crippen MR) is 71.0 cm³/mol. The van der Waals surface area contributed by atoms with Crippen molar-refractivity contribution in [2.75, 3.05) is 0 Å². The van der Waals surface area contributed by atoms with Crippen LogP contribution in [0.4, 0.5) is 0 Å². The average Bonchev–Trinajstić information content (AvgIpc) is 2.71. The molecule has 3 rings (SSSR count). The Bertz CT molecular complexity index is 685. The molecule has 0 bridgehead atoms. The Balaban J connectivity index is 0.00000120. The highest BCUT2D eigenvalue weighted by Gasteiger charge is 2.11. The number of hydrogen-bond acceptors (Lipinski definition) is 0. The fourth-order valence-electron chi connectivity index (χ4n) is 2.57. The van der Waals surface area contributed by atoms with Crippen LogP contribution in [0.1, 0.15) is 13.8 Å². The lowest BCUT2D eigenvalue weighted by molar-refractivity contribution is -0.692. The molecule has 0 N–H and O–H groups in total. The third kappa shape index (κ3) is 1.83. The number of rotatable bonds is 2. The second-order valence-electron chi connectivity index (χ2n) is 4.34. The topological polar surface area (TPSA) is 8.81 Å². The molecule has 0 fully saturated rings. The van der Waals surface area contributed by atoms with E-state index in [1.807, 2.05) is 0 Å². The number of halogens is 1. The van der Waals surface area contributed by atoms with Crippen LogP contribution in [0.5, 0.6) is 0 Å². The molecule has 3 aromatic rings. The van der Waals surface area contributed by atoms with E-state index in [-0.39, 0.29) is 17.0 Å². The molecule has 0 amide bonds. The Morgan fingerprint density at radius 1 is 1.00 bits per heavy atom. The van der Waals surface area contributed by atoms with Gasteiger partial charge in [-0.3, -0.25) is 0 Å². The molecule has 2 nitrogen and oxygen atoms in total. The van der Waals surface area contributed by atoms with Gasteiger partial charge in [0.25, 0.3) is 0 Å². The van der Waals surface area contributed by atoms with Crippen LogP contribution in [0.2, 0.25) is 0 Å². The quantitative estimate of drug-likeness (QED) is 0.595. The summed E-state index contributed by atoms with van der Waals surface area (Å²) >= 11 is 0. The lowest BCUT2D eigenvalue weighted by Crippen LogP contribution is -3.00. The zero-order valence-electron chi connectivity index (χ0n) is 10.7. The SMILES string of the molecule is CCn1c2ccccc2c2cc[n+](CC)cc21.[Br-]. The van der Waals surface area contributed by atoms with Crippen molar-refractivity contribution >= 4 is 21.8 Å². The second kappa shape index (κ2) is 5.11. The fourth-order valence-corrected chi connectivity index (χ4v) is 2.57. The Hall–Kier alpha value is -1.35. The summed E-state index contributed by atoms with van der Waals surface area (Å²) in [6.45, 7) is 6.40. The Morgan fingerprint density at radius 2 is 1.72 bits per heavy atom. The largest absolute Gasteiger partial charge is 1.00 e. The van der Waals surface area contributed by atoms with Crippen LogP contribution in [0.3, 0.4) is 0 Å². The molecule has 2 aromatic heterocycles. The van der Waals surface area contributed by atoms with Crippen LogP contribution in [-0.4, -0.2) is 4.57 Å². The molecule has 1 aromatic carbocycles. The maximum atomic E-state index is 2.39. The number of aromatic nitrogens is 2. The minimum atomic E-state index is 0. The first-order valence-corrected chi connectivity index (χ1v) is 6.25. The third-order valence-electron chi connectivity index (χ3n) is 3.45. The number of pyridine rings is 1. The normalized spacial score (nSPS) is 10.8. The number of benzene rings is 1. The first kappa shape index (κ1) is 13.1. The fraction of sp³-hybridized carbons (Fsp3) is 0.267. The highest BCUT2D eigenvalue weighted by atomic mass is 79.9. The van der Waals surface area contributed by atoms with Gasteiger partial charge < -0.3 is 21.5 Å². The molecule has 94 valence electrons. The number of aryl methyl sites for hydroxylation is 2. The van der Waals surface area contributed by atoms with Crippen LogP contribution in [0.25, 0.3) is 21.8 Å². The van der Waals surface area contributed by atoms with Gasteiger partial charge in [0.15, 0.2) is 12.4 Å². The summed E-state index contributed by atoms with van der Waals surface area (Å²) in [7, 11) is 0. The minimum Gasteiger partial charge on any atom is -1.00 e. The van der Waals surface area contributed by atoms with Crippen molar-refractivity contribution in [2.45, 2.75) is 26.9 Å². The van der Waals surface area contributed by atoms with Crippen molar-refractivity contribution in [1.29, 1.82) is 0 Å². The van der Waals surface area contributed by atoms with Crippen molar-refractivity contribution in [1.82, 2.24) is 4.57 Å². The first-order chi connectivity index (χ1) is 8.35. The molecule has 0 atom stereocenters. The Morgan fingerprint density at radius 3 is 2.44 bits per heavy atom. The molecule has 0 saturated heterocycles. The zero-order chi connectivity index (χ0) is 11.8. The van der Waals surface area contributed by atoms with Crippen molar-refractivity contribution in [3.8, 4) is 0 Å². The maximum absolute atomic E-state index is 2.39. The number of para-hydroxylation sites is 1. The van der Waals surface area contributed by atoms with Gasteiger partial charge in [-0.15, -0.1) is 0 Å². The highest BCUT2D eigenvalue weighted by Crippen LogP contribution is 2.27. The summed E-state index contributed by atoms with van der Waals surface area (Å²) in [6, 6.07) is 10.9. The monoisotopic (exact) mass is 304 g/mol. The first-order valence-electron chi connectivity index (χ1n) is 6.25. The van der Waals surface area contributed by atoms with Gasteiger partial charge in [-0.2, -0.15) is 0 Å². The van der Waals surface area contributed by atoms with E-state index in [2.05, 4.69) is 65.7 Å². The van der Waals surface area contributed by atoms with Crippen molar-refractivity contribution in [3.05, 3.63) is 42.7 Å². The van der Waals surface area contributed by atoms with Gasteiger partial charge in [-0.1, -0.05) is 18.2 Å². The van der Waals surface area contributed by atoms with Crippen molar-refractivity contribution < 1.29 is 21.5 Å². The Labute approximate surface area is 118 Å². The molecule has 3 heteroatoms. The van der Waals surface area contributed by atoms with E-state index in [9.17, 15) is 0 Å². The van der Waals surface area contributed by atoms with Crippen LogP contribution in [0, 0.1) is 0 Å². The summed E-state index contributed by atoms with van der Waals surface area (Å²) in [6.07, 6.45) is 4.41. The van der Waals surface area contributed by atoms with E-state index in [1.165, 1.54) is 21.8 Å². The van der Waals surface area contributed by atoms with E-state index in [0.29, 0.717) is 0 Å². The van der Waals surface area contributed by atoms with Gasteiger partial charge >= 0.3 is 0 Å². The number of hydrogen-bond donors (Lipinski definition) is 0. The summed E-state index contributed by atoms with van der Waals surface area (Å²) in [5.74, 6) is 0. The molecule has 0 aliphatic heterocycles. The molecular formula is C15H17BrN2. The smallest absolute Gasteiger partial charge is 0.193 e. The summed E-state index contributed by atoms with van der Waals surface area (Å²) in [4.78, 5) is 0. The average molecular weight is 305 g/mol. The molecule has 0 unspecified atom stereocenters. The zero-order valence-corrected chi connectivity index (χ0v) is 12.3. The highest BCUT2D eigenvalue weighted by molar-refractivity contribution is 6.07. The number of fused-ring (bicyclic) bond motifs is 3. The third-order valence-corrected chi connectivity index (χ3v) is 3.45. The minimum absolute atomic E-state index is 0. The molecular weight excluding hydrogens is 288 g/mol. The summed E-state index contributed by atoms with van der Waals surface area (Å²) < 4.78 is 4.62. The maximum Gasteiger partial charge on any atom is 0.193 e. The molecule has 0 spiro atoms. The number of nitrogens with zero attached hydrogens (tertiary/aromatic N) is 2. The lowest BCUT2D eigenvalue weighted by atomic mass is 10.2. The molecule has 2 heterocycles. The lowest BCUT2D eigenvalue weighted by Gasteiger charge is -2.01. The van der Waals surface area contributed by atoms with Crippen LogP contribution < -0.4 is 21.5 Å². The van der Waals surface area contributed by atoms with Gasteiger partial charge in [0.05, 0.1) is 0 Å². The van der Waals surface area contributed by atoms with E-state index >= 15 is 0 Å². The second-order valence-corrected chi connectivity index (χ2v) is 4.34. The predicted octanol–water partition coefficient (Wildman–Crippen LogP) is 0.126. The van der Waals surface area contributed by atoms with Crippen molar-refractivity contribution in [3.63, 3.8) is 0 Å². The van der Waals surface area contributed by atoms with Gasteiger partial charge in [0, 0.05) is 28.9 Å². The van der Waals surface area contributed by atoms with Gasteiger partial charge in [-0.05, 0) is 19.9 Å². The molecule has 18 heavy (non-hydrogen) atoms. The van der Waals surface area contributed by atoms with Crippen LogP contribution >= 0.6 is 0 Å². The summed E-state index contributed by atoms with van der Waals surface area (Å²) in [5, 5.41) is 2.71. The Kier molecular flexibility index (Phi) is 3.71. The molecule has 0 radical (unpaired) electrons. The van der Waals surface area contributed by atoms with E-state index in [0.717, 1.165) is 13.1 Å². The molecule has 0 aliphatic rings. The molecule has 0 saturated carbocycles. The standard InChI is InChI=1S/C15H17N2.BrH/c1-3-16-10-9-13-12-7-5-6-8-14(12)17(4-2)15(13)11-16;/h5-11H,3-4H2,1-2H3;1H/q+1;/p-1. The van der Waals surface area contributed by atoms with Crippen molar-refractivity contribution in [2.24, 2.45) is 0 Å². The summed E-state index contributed by atoms with van der Waals surface area (Å²) in [5.41, 5.74) is 2.66. The van der Waals surface area contributed by atoms with Crippen LogP contribution in [-0.2, 0) is 13.1 Å². The van der Waals surface area contributed by atoms with Gasteiger partial charge in [-0.25, -0.2) is 4.57 Å². The van der Waals surface area contributed by atoms with Gasteiger partial charge in [0.1, 0.15) is 12.1 Å². The van der Waals surface area contributed by atoms with E-state index in [1.54, 1.807) is 0 Å².